The summed E-state index contributed by atoms with van der Waals surface area (Å²) in [5.41, 5.74) is 6.40. The zero-order chi connectivity index (χ0) is 21.4. The fraction of sp³-hybridized carbons (Fsp3) is 0.375. The molecular weight excluding hydrogens is 406 g/mol. The zero-order valence-electron chi connectivity index (χ0n) is 18.0. The molecule has 3 aromatic heterocycles. The molecule has 1 aromatic carbocycles. The lowest BCUT2D eigenvalue weighted by atomic mass is 10.1. The van der Waals surface area contributed by atoms with Gasteiger partial charge in [-0.3, -0.25) is 9.69 Å². The van der Waals surface area contributed by atoms with Crippen molar-refractivity contribution < 1.29 is 4.79 Å². The van der Waals surface area contributed by atoms with E-state index in [9.17, 15) is 4.79 Å². The van der Waals surface area contributed by atoms with Crippen molar-refractivity contribution in [2.45, 2.75) is 33.2 Å². The Morgan fingerprint density at radius 1 is 1.10 bits per heavy atom. The van der Waals surface area contributed by atoms with Gasteiger partial charge in [-0.1, -0.05) is 12.1 Å². The number of hydrogen-bond donors (Lipinski definition) is 0. The van der Waals surface area contributed by atoms with Gasteiger partial charge in [-0.25, -0.2) is 9.50 Å². The highest BCUT2D eigenvalue weighted by molar-refractivity contribution is 7.07. The van der Waals surface area contributed by atoms with Crippen molar-refractivity contribution in [3.05, 3.63) is 63.6 Å². The summed E-state index contributed by atoms with van der Waals surface area (Å²) in [6.45, 7) is 8.59. The predicted octanol–water partition coefficient (Wildman–Crippen LogP) is 3.84. The number of aryl methyl sites for hydroxylation is 2. The minimum absolute atomic E-state index is 0.236. The number of benzene rings is 1. The fourth-order valence-corrected chi connectivity index (χ4v) is 5.18. The second kappa shape index (κ2) is 8.40. The normalized spacial score (nSPS) is 15.2. The van der Waals surface area contributed by atoms with Crippen LogP contribution < -0.4 is 0 Å². The van der Waals surface area contributed by atoms with E-state index >= 15 is 0 Å². The minimum Gasteiger partial charge on any atom is -0.340 e. The third-order valence-electron chi connectivity index (χ3n) is 6.32. The summed E-state index contributed by atoms with van der Waals surface area (Å²) in [4.78, 5) is 22.2. The standard InChI is InChI=1S/C24H27N5OS/c1-17-20(18(2)29-24(25-17)21-5-3-4-6-22(21)26-29)7-8-23(30)28-12-10-27(11-13-28)15-19-9-14-31-16-19/h3-6,9,14,16H,7-8,10-13,15H2,1-2H3. The van der Waals surface area contributed by atoms with E-state index in [1.54, 1.807) is 11.3 Å². The number of aromatic nitrogens is 3. The molecule has 0 atom stereocenters. The first kappa shape index (κ1) is 20.2. The molecule has 0 spiro atoms. The highest BCUT2D eigenvalue weighted by atomic mass is 32.1. The lowest BCUT2D eigenvalue weighted by Gasteiger charge is -2.34. The van der Waals surface area contributed by atoms with Gasteiger partial charge in [0.05, 0.1) is 5.52 Å². The van der Waals surface area contributed by atoms with Crippen LogP contribution in [0.4, 0.5) is 0 Å². The highest BCUT2D eigenvalue weighted by Crippen LogP contribution is 2.23. The number of fused-ring (bicyclic) bond motifs is 3. The van der Waals surface area contributed by atoms with Crippen molar-refractivity contribution in [2.24, 2.45) is 0 Å². The number of carbonyl (C=O) groups is 1. The molecule has 0 radical (unpaired) electrons. The number of rotatable bonds is 5. The maximum Gasteiger partial charge on any atom is 0.222 e. The summed E-state index contributed by atoms with van der Waals surface area (Å²) < 4.78 is 1.93. The van der Waals surface area contributed by atoms with Gasteiger partial charge in [0.15, 0.2) is 5.65 Å². The Balaban J connectivity index is 1.24. The molecule has 0 unspecified atom stereocenters. The molecule has 31 heavy (non-hydrogen) atoms. The van der Waals surface area contributed by atoms with E-state index < -0.39 is 0 Å². The molecule has 1 amide bonds. The van der Waals surface area contributed by atoms with Crippen molar-refractivity contribution in [3.8, 4) is 0 Å². The Labute approximate surface area is 186 Å². The van der Waals surface area contributed by atoms with Crippen LogP contribution in [0.3, 0.4) is 0 Å². The van der Waals surface area contributed by atoms with E-state index in [4.69, 9.17) is 10.1 Å². The van der Waals surface area contributed by atoms with E-state index in [1.165, 1.54) is 5.56 Å². The van der Waals surface area contributed by atoms with Gasteiger partial charge in [0.2, 0.25) is 5.91 Å². The van der Waals surface area contributed by atoms with Crippen LogP contribution in [0.1, 0.15) is 28.9 Å². The maximum atomic E-state index is 12.9. The fourth-order valence-electron chi connectivity index (χ4n) is 4.52. The van der Waals surface area contributed by atoms with Gasteiger partial charge in [-0.05, 0) is 60.4 Å². The van der Waals surface area contributed by atoms with E-state index in [0.717, 1.165) is 66.2 Å². The van der Waals surface area contributed by atoms with E-state index in [-0.39, 0.29) is 5.91 Å². The van der Waals surface area contributed by atoms with Crippen LogP contribution in [-0.4, -0.2) is 56.5 Å². The Bertz CT molecular complexity index is 1220. The average Bonchev–Trinajstić information content (AvgIpc) is 3.42. The largest absolute Gasteiger partial charge is 0.340 e. The second-order valence-electron chi connectivity index (χ2n) is 8.30. The summed E-state index contributed by atoms with van der Waals surface area (Å²) in [5.74, 6) is 0.236. The number of thiophene rings is 1. The first-order valence-corrected chi connectivity index (χ1v) is 11.8. The van der Waals surface area contributed by atoms with Crippen molar-refractivity contribution in [3.63, 3.8) is 0 Å². The van der Waals surface area contributed by atoms with Crippen molar-refractivity contribution >= 4 is 33.8 Å². The Hall–Kier alpha value is -2.77. The zero-order valence-corrected chi connectivity index (χ0v) is 18.9. The van der Waals surface area contributed by atoms with Crippen LogP contribution in [0.15, 0.2) is 41.1 Å². The molecule has 0 N–H and O–H groups in total. The molecule has 1 fully saturated rings. The van der Waals surface area contributed by atoms with Gasteiger partial charge in [-0.2, -0.15) is 16.4 Å². The van der Waals surface area contributed by atoms with E-state index in [1.807, 2.05) is 34.5 Å². The summed E-state index contributed by atoms with van der Waals surface area (Å²) >= 11 is 1.74. The van der Waals surface area contributed by atoms with Crippen LogP contribution in [0.2, 0.25) is 0 Å². The van der Waals surface area contributed by atoms with Gasteiger partial charge in [0.1, 0.15) is 0 Å². The first-order valence-electron chi connectivity index (χ1n) is 10.8. The lowest BCUT2D eigenvalue weighted by molar-refractivity contribution is -0.133. The van der Waals surface area contributed by atoms with Gasteiger partial charge in [0, 0.05) is 55.9 Å². The molecule has 0 aliphatic carbocycles. The SMILES string of the molecule is Cc1nc2c3ccccc3nn2c(C)c1CCC(=O)N1CCN(Cc2ccsc2)CC1. The molecule has 6 nitrogen and oxygen atoms in total. The third-order valence-corrected chi connectivity index (χ3v) is 7.05. The molecule has 1 aliphatic heterocycles. The van der Waals surface area contributed by atoms with Crippen molar-refractivity contribution in [2.75, 3.05) is 26.2 Å². The molecule has 1 saturated heterocycles. The van der Waals surface area contributed by atoms with Gasteiger partial charge >= 0.3 is 0 Å². The smallest absolute Gasteiger partial charge is 0.222 e. The minimum atomic E-state index is 0.236. The Morgan fingerprint density at radius 3 is 2.68 bits per heavy atom. The van der Waals surface area contributed by atoms with Crippen LogP contribution in [0.25, 0.3) is 16.6 Å². The number of nitrogens with zero attached hydrogens (tertiary/aromatic N) is 5. The monoisotopic (exact) mass is 433 g/mol. The molecule has 160 valence electrons. The van der Waals surface area contributed by atoms with Gasteiger partial charge in [0.25, 0.3) is 0 Å². The number of amides is 1. The third kappa shape index (κ3) is 3.95. The first-order chi connectivity index (χ1) is 15.1. The molecule has 0 bridgehead atoms. The van der Waals surface area contributed by atoms with Crippen LogP contribution in [0, 0.1) is 13.8 Å². The van der Waals surface area contributed by atoms with E-state index in [0.29, 0.717) is 12.8 Å². The lowest BCUT2D eigenvalue weighted by Crippen LogP contribution is -2.48. The quantitative estimate of drug-likeness (QED) is 0.480. The maximum absolute atomic E-state index is 12.9. The number of hydrogen-bond acceptors (Lipinski definition) is 5. The molecule has 1 aliphatic rings. The van der Waals surface area contributed by atoms with Crippen LogP contribution in [-0.2, 0) is 17.8 Å². The summed E-state index contributed by atoms with van der Waals surface area (Å²) in [5, 5.41) is 10.1. The summed E-state index contributed by atoms with van der Waals surface area (Å²) in [7, 11) is 0. The highest BCUT2D eigenvalue weighted by Gasteiger charge is 2.22. The van der Waals surface area contributed by atoms with Crippen molar-refractivity contribution in [1.82, 2.24) is 24.4 Å². The molecule has 0 saturated carbocycles. The molecule has 7 heteroatoms. The average molecular weight is 434 g/mol. The van der Waals surface area contributed by atoms with Crippen LogP contribution >= 0.6 is 11.3 Å². The molecule has 4 heterocycles. The van der Waals surface area contributed by atoms with Gasteiger partial charge < -0.3 is 4.90 Å². The Kier molecular flexibility index (Phi) is 5.46. The predicted molar refractivity (Wildman–Crippen MR) is 124 cm³/mol. The molecule has 5 rings (SSSR count). The molecular formula is C24H27N5OS. The Morgan fingerprint density at radius 2 is 1.90 bits per heavy atom. The number of piperazine rings is 1. The number of carbonyl (C=O) groups excluding carboxylic acids is 1. The molecule has 4 aromatic rings. The summed E-state index contributed by atoms with van der Waals surface area (Å²) in [6, 6.07) is 10.3. The van der Waals surface area contributed by atoms with Gasteiger partial charge in [-0.15, -0.1) is 0 Å². The topological polar surface area (TPSA) is 53.7 Å². The second-order valence-corrected chi connectivity index (χ2v) is 9.08. The van der Waals surface area contributed by atoms with E-state index in [2.05, 4.69) is 34.7 Å². The van der Waals surface area contributed by atoms with Crippen molar-refractivity contribution in [1.29, 1.82) is 0 Å². The van der Waals surface area contributed by atoms with Crippen LogP contribution in [0.5, 0.6) is 0 Å². The summed E-state index contributed by atoms with van der Waals surface area (Å²) in [6.07, 6.45) is 1.21.